The molecule has 0 aliphatic rings. The molecule has 6 nitrogen and oxygen atoms in total. The van der Waals surface area contributed by atoms with Gasteiger partial charge in [-0.3, -0.25) is 0 Å². The van der Waals surface area contributed by atoms with Crippen LogP contribution in [-0.4, -0.2) is 36.4 Å². The molecule has 2 aromatic carbocycles. The Labute approximate surface area is 151 Å². The minimum Gasteiger partial charge on any atom is -0.497 e. The smallest absolute Gasteiger partial charge is 0.354 e. The highest BCUT2D eigenvalue weighted by Gasteiger charge is 2.33. The summed E-state index contributed by atoms with van der Waals surface area (Å²) in [5.41, 5.74) is 0.798. The van der Waals surface area contributed by atoms with Gasteiger partial charge in [-0.1, -0.05) is 18.2 Å². The summed E-state index contributed by atoms with van der Waals surface area (Å²) in [5.74, 6) is -0.844. The summed E-state index contributed by atoms with van der Waals surface area (Å²) in [4.78, 5) is 11.9. The number of aromatic carboxylic acids is 1. The number of carbonyl (C=O) groups is 1. The van der Waals surface area contributed by atoms with E-state index >= 15 is 0 Å². The molecule has 136 valence electrons. The van der Waals surface area contributed by atoms with Gasteiger partial charge in [0.05, 0.1) is 17.9 Å². The normalized spacial score (nSPS) is 11.8. The molecule has 7 heteroatoms. The van der Waals surface area contributed by atoms with Gasteiger partial charge in [-0.15, -0.1) is 0 Å². The zero-order valence-corrected chi connectivity index (χ0v) is 15.4. The van der Waals surface area contributed by atoms with Gasteiger partial charge in [0.25, 0.3) is 0 Å². The van der Waals surface area contributed by atoms with Crippen LogP contribution in [0.4, 0.5) is 0 Å². The second kappa shape index (κ2) is 6.49. The fraction of sp³-hybridized carbons (Fsp3) is 0.211. The molecule has 26 heavy (non-hydrogen) atoms. The Hall–Kier alpha value is -2.80. The molecule has 3 aromatic rings. The van der Waals surface area contributed by atoms with Crippen LogP contribution in [0.5, 0.6) is 5.75 Å². The number of carboxylic acid groups (broad SMARTS) is 1. The standard InChI is InChI=1S/C19H19NO5S/c1-12(2)26(23,24)18-15-11-14(25-3)9-10-16(15)20(17(18)19(21)22)13-7-5-4-6-8-13/h4-12H,1-3H3,(H,21,22). The number of methoxy groups -OCH3 is 1. The summed E-state index contributed by atoms with van der Waals surface area (Å²) >= 11 is 0. The van der Waals surface area contributed by atoms with E-state index in [4.69, 9.17) is 4.74 Å². The third-order valence-corrected chi connectivity index (χ3v) is 6.47. The first-order valence-corrected chi connectivity index (χ1v) is 9.58. The molecule has 0 aliphatic heterocycles. The number of hydrogen-bond donors (Lipinski definition) is 1. The Morgan fingerprint density at radius 3 is 2.31 bits per heavy atom. The van der Waals surface area contributed by atoms with Crippen LogP contribution in [0.2, 0.25) is 0 Å². The molecule has 0 saturated carbocycles. The second-order valence-electron chi connectivity index (χ2n) is 6.13. The van der Waals surface area contributed by atoms with E-state index in [9.17, 15) is 18.3 Å². The van der Waals surface area contributed by atoms with Gasteiger partial charge in [-0.25, -0.2) is 13.2 Å². The summed E-state index contributed by atoms with van der Waals surface area (Å²) in [6.45, 7) is 3.07. The summed E-state index contributed by atoms with van der Waals surface area (Å²) < 4.78 is 32.7. The van der Waals surface area contributed by atoms with Crippen molar-refractivity contribution < 1.29 is 23.1 Å². The van der Waals surface area contributed by atoms with E-state index in [-0.39, 0.29) is 10.6 Å². The Bertz CT molecular complexity index is 1080. The fourth-order valence-electron chi connectivity index (χ4n) is 2.93. The monoisotopic (exact) mass is 373 g/mol. The fourth-order valence-corrected chi connectivity index (χ4v) is 4.32. The van der Waals surface area contributed by atoms with E-state index in [1.54, 1.807) is 42.5 Å². The maximum absolute atomic E-state index is 13.0. The molecule has 3 rings (SSSR count). The van der Waals surface area contributed by atoms with Gasteiger partial charge in [0.15, 0.2) is 15.5 Å². The van der Waals surface area contributed by atoms with Crippen LogP contribution in [0, 0.1) is 0 Å². The summed E-state index contributed by atoms with van der Waals surface area (Å²) in [6, 6.07) is 13.7. The minimum atomic E-state index is -3.85. The SMILES string of the molecule is COc1ccc2c(c1)c(S(=O)(=O)C(C)C)c(C(=O)O)n2-c1ccccc1. The molecule has 0 unspecified atom stereocenters. The lowest BCUT2D eigenvalue weighted by Gasteiger charge is -2.10. The predicted molar refractivity (Wildman–Crippen MR) is 99.1 cm³/mol. The van der Waals surface area contributed by atoms with Crippen LogP contribution in [0.15, 0.2) is 53.4 Å². The zero-order valence-electron chi connectivity index (χ0n) is 14.6. The highest BCUT2D eigenvalue weighted by molar-refractivity contribution is 7.92. The average molecular weight is 373 g/mol. The predicted octanol–water partition coefficient (Wildman–Crippen LogP) is 3.52. The third-order valence-electron chi connectivity index (χ3n) is 4.25. The van der Waals surface area contributed by atoms with Crippen molar-refractivity contribution in [3.05, 3.63) is 54.2 Å². The number of sulfone groups is 1. The lowest BCUT2D eigenvalue weighted by molar-refractivity contribution is 0.0684. The van der Waals surface area contributed by atoms with Crippen LogP contribution < -0.4 is 4.74 Å². The van der Waals surface area contributed by atoms with Crippen molar-refractivity contribution in [2.45, 2.75) is 24.0 Å². The lowest BCUT2D eigenvalue weighted by atomic mass is 10.2. The van der Waals surface area contributed by atoms with Crippen LogP contribution in [-0.2, 0) is 9.84 Å². The molecule has 0 fully saturated rings. The number of nitrogens with zero attached hydrogens (tertiary/aromatic N) is 1. The van der Waals surface area contributed by atoms with Crippen molar-refractivity contribution in [3.8, 4) is 11.4 Å². The van der Waals surface area contributed by atoms with Crippen molar-refractivity contribution in [2.24, 2.45) is 0 Å². The number of rotatable bonds is 5. The zero-order chi connectivity index (χ0) is 19.1. The molecule has 0 bridgehead atoms. The highest BCUT2D eigenvalue weighted by Crippen LogP contribution is 2.36. The first kappa shape index (κ1) is 18.0. The number of hydrogen-bond acceptors (Lipinski definition) is 4. The van der Waals surface area contributed by atoms with E-state index in [1.807, 2.05) is 6.07 Å². The van der Waals surface area contributed by atoms with Gasteiger partial charge in [0, 0.05) is 11.1 Å². The summed E-state index contributed by atoms with van der Waals surface area (Å²) in [7, 11) is -2.37. The third kappa shape index (κ3) is 2.74. The largest absolute Gasteiger partial charge is 0.497 e. The molecule has 1 N–H and O–H groups in total. The molecule has 1 heterocycles. The first-order chi connectivity index (χ1) is 12.3. The Morgan fingerprint density at radius 1 is 1.12 bits per heavy atom. The van der Waals surface area contributed by atoms with Crippen LogP contribution in [0.25, 0.3) is 16.6 Å². The Kier molecular flexibility index (Phi) is 4.50. The van der Waals surface area contributed by atoms with Crippen molar-refractivity contribution in [1.82, 2.24) is 4.57 Å². The van der Waals surface area contributed by atoms with Crippen LogP contribution >= 0.6 is 0 Å². The topological polar surface area (TPSA) is 85.6 Å². The number of para-hydroxylation sites is 1. The number of ether oxygens (including phenoxy) is 1. The molecule has 0 aliphatic carbocycles. The van der Waals surface area contributed by atoms with Crippen molar-refractivity contribution in [2.75, 3.05) is 7.11 Å². The Morgan fingerprint density at radius 2 is 1.77 bits per heavy atom. The molecular formula is C19H19NO5S. The maximum Gasteiger partial charge on any atom is 0.354 e. The highest BCUT2D eigenvalue weighted by atomic mass is 32.2. The number of aromatic nitrogens is 1. The van der Waals surface area contributed by atoms with Crippen molar-refractivity contribution in [1.29, 1.82) is 0 Å². The van der Waals surface area contributed by atoms with E-state index in [0.29, 0.717) is 22.3 Å². The van der Waals surface area contributed by atoms with Gasteiger partial charge >= 0.3 is 5.97 Å². The van der Waals surface area contributed by atoms with E-state index in [0.717, 1.165) is 0 Å². The van der Waals surface area contributed by atoms with Crippen LogP contribution in [0.1, 0.15) is 24.3 Å². The second-order valence-corrected chi connectivity index (χ2v) is 8.57. The molecule has 0 amide bonds. The van der Waals surface area contributed by atoms with Gasteiger partial charge in [-0.05, 0) is 44.2 Å². The molecule has 0 radical (unpaired) electrons. The molecule has 0 saturated heterocycles. The molecule has 0 spiro atoms. The van der Waals surface area contributed by atoms with Crippen molar-refractivity contribution >= 4 is 26.7 Å². The quantitative estimate of drug-likeness (QED) is 0.739. The minimum absolute atomic E-state index is 0.183. The number of benzene rings is 2. The molecular weight excluding hydrogens is 354 g/mol. The number of fused-ring (bicyclic) bond motifs is 1. The van der Waals surface area contributed by atoms with E-state index < -0.39 is 21.1 Å². The van der Waals surface area contributed by atoms with E-state index in [2.05, 4.69) is 0 Å². The van der Waals surface area contributed by atoms with Gasteiger partial charge in [0.1, 0.15) is 10.6 Å². The lowest BCUT2D eigenvalue weighted by Crippen LogP contribution is -2.18. The maximum atomic E-state index is 13.0. The van der Waals surface area contributed by atoms with Gasteiger partial charge < -0.3 is 14.4 Å². The summed E-state index contributed by atoms with van der Waals surface area (Å²) in [6.07, 6.45) is 0. The summed E-state index contributed by atoms with van der Waals surface area (Å²) in [5, 5.41) is 9.43. The first-order valence-electron chi connectivity index (χ1n) is 8.04. The van der Waals surface area contributed by atoms with Gasteiger partial charge in [0.2, 0.25) is 0 Å². The molecule has 0 atom stereocenters. The number of carboxylic acids is 1. The van der Waals surface area contributed by atoms with Crippen molar-refractivity contribution in [3.63, 3.8) is 0 Å². The average Bonchev–Trinajstić information content (AvgIpc) is 2.97. The van der Waals surface area contributed by atoms with Crippen LogP contribution in [0.3, 0.4) is 0 Å². The van der Waals surface area contributed by atoms with Gasteiger partial charge in [-0.2, -0.15) is 0 Å². The Balaban J connectivity index is 2.56. The van der Waals surface area contributed by atoms with E-state index in [1.165, 1.54) is 25.5 Å². The molecule has 1 aromatic heterocycles.